The van der Waals surface area contributed by atoms with Crippen LogP contribution >= 0.6 is 0 Å². The van der Waals surface area contributed by atoms with E-state index in [-0.39, 0.29) is 84.8 Å². The molecule has 42 heavy (non-hydrogen) atoms. The Kier molecular flexibility index (Phi) is 22.1. The van der Waals surface area contributed by atoms with Crippen LogP contribution in [0, 0.1) is 0 Å². The normalized spacial score (nSPS) is 13.9. The molecular formula is C27H44O15. The fraction of sp³-hybridized carbons (Fsp3) is 0.778. The van der Waals surface area contributed by atoms with Crippen molar-refractivity contribution < 1.29 is 72.5 Å². The van der Waals surface area contributed by atoms with Crippen LogP contribution in [-0.2, 0) is 57.2 Å². The molecule has 15 nitrogen and oxygen atoms in total. The fourth-order valence-corrected chi connectivity index (χ4v) is 3.10. The van der Waals surface area contributed by atoms with Gasteiger partial charge in [0.15, 0.2) is 0 Å². The lowest BCUT2D eigenvalue weighted by Crippen LogP contribution is -2.50. The lowest BCUT2D eigenvalue weighted by molar-refractivity contribution is -0.170. The maximum atomic E-state index is 11.5. The summed E-state index contributed by atoms with van der Waals surface area (Å²) in [5.41, 5.74) is 0. The van der Waals surface area contributed by atoms with E-state index in [2.05, 4.69) is 0 Å². The standard InChI is InChI=1S/C27H44O15/c1-4-18(29)25(34)40-13-7-10-37-17-22(38-11-8-14-41-26(35)19(30)5-2)23(33)24(21(32)16-28)39-12-9-15-42-27(36)20(31)6-3/h21-24,28,32-33H,4-17H2,1-3H3. The first-order valence-electron chi connectivity index (χ1n) is 13.9. The van der Waals surface area contributed by atoms with Gasteiger partial charge in [-0.25, -0.2) is 14.4 Å². The van der Waals surface area contributed by atoms with Crippen LogP contribution in [0.4, 0.5) is 0 Å². The summed E-state index contributed by atoms with van der Waals surface area (Å²) >= 11 is 0. The van der Waals surface area contributed by atoms with Gasteiger partial charge in [0.1, 0.15) is 24.4 Å². The van der Waals surface area contributed by atoms with E-state index in [0.717, 1.165) is 0 Å². The van der Waals surface area contributed by atoms with Crippen molar-refractivity contribution in [2.45, 2.75) is 83.7 Å². The van der Waals surface area contributed by atoms with Crippen molar-refractivity contribution in [2.24, 2.45) is 0 Å². The minimum absolute atomic E-state index is 0.00126. The Morgan fingerprint density at radius 2 is 1.00 bits per heavy atom. The molecular weight excluding hydrogens is 564 g/mol. The zero-order chi connectivity index (χ0) is 31.9. The van der Waals surface area contributed by atoms with Gasteiger partial charge in [0, 0.05) is 45.1 Å². The summed E-state index contributed by atoms with van der Waals surface area (Å²) in [7, 11) is 0. The molecule has 0 aliphatic heterocycles. The average Bonchev–Trinajstić information content (AvgIpc) is 3.00. The summed E-state index contributed by atoms with van der Waals surface area (Å²) in [6, 6.07) is 0. The van der Waals surface area contributed by atoms with Gasteiger partial charge in [-0.05, 0) is 0 Å². The lowest BCUT2D eigenvalue weighted by atomic mass is 10.0. The molecule has 0 aromatic carbocycles. The molecule has 242 valence electrons. The van der Waals surface area contributed by atoms with Crippen molar-refractivity contribution in [2.75, 3.05) is 52.9 Å². The largest absolute Gasteiger partial charge is 0.460 e. The summed E-state index contributed by atoms with van der Waals surface area (Å²) in [5.74, 6) is -4.90. The number of carbonyl (C=O) groups is 6. The molecule has 0 saturated carbocycles. The Morgan fingerprint density at radius 3 is 1.40 bits per heavy atom. The van der Waals surface area contributed by atoms with E-state index in [4.69, 9.17) is 28.4 Å². The molecule has 0 aromatic rings. The molecule has 0 rings (SSSR count). The number of esters is 3. The van der Waals surface area contributed by atoms with Crippen LogP contribution < -0.4 is 0 Å². The van der Waals surface area contributed by atoms with E-state index in [1.807, 2.05) is 0 Å². The Morgan fingerprint density at radius 1 is 0.595 bits per heavy atom. The van der Waals surface area contributed by atoms with Crippen molar-refractivity contribution in [1.82, 2.24) is 0 Å². The molecule has 0 saturated heterocycles. The molecule has 0 heterocycles. The maximum absolute atomic E-state index is 11.5. The SMILES string of the molecule is CCC(=O)C(=O)OCCCOCC(OCCCOC(=O)C(=O)CC)C(O)C(OCCCOC(=O)C(=O)CC)C(O)CO. The molecule has 3 N–H and O–H groups in total. The van der Waals surface area contributed by atoms with Crippen molar-refractivity contribution >= 4 is 35.3 Å². The number of ketones is 3. The van der Waals surface area contributed by atoms with E-state index >= 15 is 0 Å². The number of aliphatic hydroxyl groups excluding tert-OH is 3. The summed E-state index contributed by atoms with van der Waals surface area (Å²) in [5, 5.41) is 30.7. The number of ether oxygens (including phenoxy) is 6. The van der Waals surface area contributed by atoms with Gasteiger partial charge in [0.25, 0.3) is 0 Å². The van der Waals surface area contributed by atoms with E-state index in [1.165, 1.54) is 20.8 Å². The number of Topliss-reactive ketones (excluding diaryl/α,β-unsaturated/α-hetero) is 3. The van der Waals surface area contributed by atoms with E-state index in [9.17, 15) is 44.1 Å². The molecule has 0 radical (unpaired) electrons. The van der Waals surface area contributed by atoms with Gasteiger partial charge in [0.2, 0.25) is 17.3 Å². The van der Waals surface area contributed by atoms with Crippen LogP contribution in [0.3, 0.4) is 0 Å². The van der Waals surface area contributed by atoms with Crippen LogP contribution in [-0.4, -0.2) is 128 Å². The number of hydrogen-bond acceptors (Lipinski definition) is 15. The van der Waals surface area contributed by atoms with Gasteiger partial charge < -0.3 is 43.7 Å². The Labute approximate surface area is 244 Å². The molecule has 15 heteroatoms. The summed E-state index contributed by atoms with van der Waals surface area (Å²) in [6.07, 6.45) is -5.03. The quantitative estimate of drug-likeness (QED) is 0.0475. The highest BCUT2D eigenvalue weighted by molar-refractivity contribution is 6.34. The second kappa shape index (κ2) is 23.7. The van der Waals surface area contributed by atoms with Gasteiger partial charge in [0.05, 0.1) is 46.2 Å². The molecule has 0 aromatic heterocycles. The lowest BCUT2D eigenvalue weighted by Gasteiger charge is -2.32. The molecule has 0 fully saturated rings. The first-order chi connectivity index (χ1) is 20.0. The molecule has 4 unspecified atom stereocenters. The average molecular weight is 609 g/mol. The predicted molar refractivity (Wildman–Crippen MR) is 142 cm³/mol. The molecule has 0 aliphatic rings. The highest BCUT2D eigenvalue weighted by Crippen LogP contribution is 2.14. The maximum Gasteiger partial charge on any atom is 0.374 e. The minimum Gasteiger partial charge on any atom is -0.460 e. The smallest absolute Gasteiger partial charge is 0.374 e. The van der Waals surface area contributed by atoms with Gasteiger partial charge >= 0.3 is 17.9 Å². The zero-order valence-corrected chi connectivity index (χ0v) is 24.4. The van der Waals surface area contributed by atoms with Gasteiger partial charge in [-0.1, -0.05) is 20.8 Å². The minimum atomic E-state index is -1.54. The third-order valence-electron chi connectivity index (χ3n) is 5.56. The second-order valence-electron chi connectivity index (χ2n) is 8.86. The van der Waals surface area contributed by atoms with Crippen molar-refractivity contribution in [3.63, 3.8) is 0 Å². The van der Waals surface area contributed by atoms with Crippen LogP contribution in [0.1, 0.15) is 59.3 Å². The molecule has 0 spiro atoms. The number of aliphatic hydroxyl groups is 3. The third kappa shape index (κ3) is 16.6. The van der Waals surface area contributed by atoms with Crippen LogP contribution in [0.2, 0.25) is 0 Å². The third-order valence-corrected chi connectivity index (χ3v) is 5.56. The summed E-state index contributed by atoms with van der Waals surface area (Å²) < 4.78 is 31.2. The first-order valence-corrected chi connectivity index (χ1v) is 13.9. The van der Waals surface area contributed by atoms with Crippen molar-refractivity contribution in [3.05, 3.63) is 0 Å². The molecule has 0 amide bonds. The summed E-state index contributed by atoms with van der Waals surface area (Å²) in [4.78, 5) is 68.3. The van der Waals surface area contributed by atoms with Crippen molar-refractivity contribution in [3.8, 4) is 0 Å². The second-order valence-corrected chi connectivity index (χ2v) is 8.86. The number of carbonyl (C=O) groups excluding carboxylic acids is 6. The Bertz CT molecular complexity index is 843. The van der Waals surface area contributed by atoms with E-state index in [1.54, 1.807) is 0 Å². The Hall–Kier alpha value is -2.82. The molecule has 0 aliphatic carbocycles. The van der Waals surface area contributed by atoms with Crippen LogP contribution in [0.15, 0.2) is 0 Å². The highest BCUT2D eigenvalue weighted by atomic mass is 16.6. The van der Waals surface area contributed by atoms with Gasteiger partial charge in [-0.15, -0.1) is 0 Å². The van der Waals surface area contributed by atoms with Crippen molar-refractivity contribution in [1.29, 1.82) is 0 Å². The number of hydrogen-bond donors (Lipinski definition) is 3. The monoisotopic (exact) mass is 608 g/mol. The molecule has 0 bridgehead atoms. The Balaban J connectivity index is 5.05. The summed E-state index contributed by atoms with van der Waals surface area (Å²) in [6.45, 7) is 3.08. The van der Waals surface area contributed by atoms with E-state index in [0.29, 0.717) is 0 Å². The van der Waals surface area contributed by atoms with Crippen LogP contribution in [0.5, 0.6) is 0 Å². The van der Waals surface area contributed by atoms with E-state index < -0.39 is 66.3 Å². The predicted octanol–water partition coefficient (Wildman–Crippen LogP) is -0.775. The number of rotatable bonds is 26. The topological polar surface area (TPSA) is 218 Å². The zero-order valence-electron chi connectivity index (χ0n) is 24.4. The first kappa shape index (κ1) is 39.2. The fourth-order valence-electron chi connectivity index (χ4n) is 3.10. The highest BCUT2D eigenvalue weighted by Gasteiger charge is 2.34. The van der Waals surface area contributed by atoms with Gasteiger partial charge in [-0.2, -0.15) is 0 Å². The molecule has 4 atom stereocenters. The van der Waals surface area contributed by atoms with Crippen LogP contribution in [0.25, 0.3) is 0 Å². The van der Waals surface area contributed by atoms with Gasteiger partial charge in [-0.3, -0.25) is 14.4 Å².